The van der Waals surface area contributed by atoms with Crippen LogP contribution in [0.1, 0.15) is 55.4 Å². The second-order valence-corrected chi connectivity index (χ2v) is 6.52. The van der Waals surface area contributed by atoms with Crippen LogP contribution in [0, 0.1) is 17.8 Å². The van der Waals surface area contributed by atoms with Crippen molar-refractivity contribution in [3.63, 3.8) is 0 Å². The van der Waals surface area contributed by atoms with E-state index in [2.05, 4.69) is 17.2 Å². The average Bonchev–Trinajstić information content (AvgIpc) is 2.89. The summed E-state index contributed by atoms with van der Waals surface area (Å²) in [5.74, 6) is 6.34. The van der Waals surface area contributed by atoms with E-state index in [0.29, 0.717) is 13.1 Å². The highest BCUT2D eigenvalue weighted by Gasteiger charge is 2.19. The molecule has 0 unspecified atom stereocenters. The molecule has 1 fully saturated rings. The van der Waals surface area contributed by atoms with Gasteiger partial charge < -0.3 is 11.1 Å². The summed E-state index contributed by atoms with van der Waals surface area (Å²) in [4.78, 5) is 13.4. The zero-order valence-electron chi connectivity index (χ0n) is 12.5. The molecule has 114 valence electrons. The van der Waals surface area contributed by atoms with E-state index in [0.717, 1.165) is 23.3 Å². The molecule has 1 aliphatic rings. The Bertz CT molecular complexity index is 504. The molecule has 0 saturated heterocycles. The average molecular weight is 304 g/mol. The molecule has 0 atom stereocenters. The van der Waals surface area contributed by atoms with Crippen molar-refractivity contribution in [1.29, 1.82) is 0 Å². The predicted octanol–water partition coefficient (Wildman–Crippen LogP) is 3.04. The van der Waals surface area contributed by atoms with Crippen LogP contribution in [-0.2, 0) is 11.3 Å². The van der Waals surface area contributed by atoms with Crippen molar-refractivity contribution in [3.05, 3.63) is 21.9 Å². The van der Waals surface area contributed by atoms with Gasteiger partial charge in [0.25, 0.3) is 0 Å². The number of amides is 1. The maximum atomic E-state index is 12.3. The Morgan fingerprint density at radius 2 is 2.00 bits per heavy atom. The van der Waals surface area contributed by atoms with Crippen molar-refractivity contribution >= 4 is 17.2 Å². The Hall–Kier alpha value is -1.31. The Kier molecular flexibility index (Phi) is 6.78. The third-order valence-corrected chi connectivity index (χ3v) is 4.89. The zero-order chi connectivity index (χ0) is 14.9. The molecule has 2 rings (SSSR count). The Labute approximate surface area is 131 Å². The van der Waals surface area contributed by atoms with Crippen LogP contribution in [-0.4, -0.2) is 12.5 Å². The van der Waals surface area contributed by atoms with Gasteiger partial charge in [-0.2, -0.15) is 0 Å². The number of carbonyl (C=O) groups excluding carboxylic acids is 1. The first-order valence-corrected chi connectivity index (χ1v) is 8.72. The van der Waals surface area contributed by atoms with E-state index in [-0.39, 0.29) is 11.8 Å². The summed E-state index contributed by atoms with van der Waals surface area (Å²) in [5.41, 5.74) is 6.39. The molecule has 1 aliphatic carbocycles. The van der Waals surface area contributed by atoms with Crippen LogP contribution in [0.5, 0.6) is 0 Å². The summed E-state index contributed by atoms with van der Waals surface area (Å²) in [7, 11) is 0. The van der Waals surface area contributed by atoms with Crippen LogP contribution >= 0.6 is 11.3 Å². The fourth-order valence-electron chi connectivity index (χ4n) is 2.77. The quantitative estimate of drug-likeness (QED) is 0.843. The van der Waals surface area contributed by atoms with Gasteiger partial charge in [0.2, 0.25) is 5.91 Å². The fraction of sp³-hybridized carbons (Fsp3) is 0.588. The molecule has 1 heterocycles. The molecule has 0 aromatic carbocycles. The monoisotopic (exact) mass is 304 g/mol. The van der Waals surface area contributed by atoms with Gasteiger partial charge in [-0.25, -0.2) is 0 Å². The summed E-state index contributed by atoms with van der Waals surface area (Å²) in [5, 5.41) is 5.10. The van der Waals surface area contributed by atoms with Gasteiger partial charge in [-0.3, -0.25) is 4.79 Å². The summed E-state index contributed by atoms with van der Waals surface area (Å²) in [6.07, 6.45) is 8.31. The summed E-state index contributed by atoms with van der Waals surface area (Å²) < 4.78 is 0. The first kappa shape index (κ1) is 16.1. The normalized spacial score (nSPS) is 16.4. The smallest absolute Gasteiger partial charge is 0.223 e. The highest BCUT2D eigenvalue weighted by atomic mass is 32.1. The third kappa shape index (κ3) is 5.18. The van der Waals surface area contributed by atoms with E-state index in [1.165, 1.54) is 32.1 Å². The molecular formula is C17H24N2OS. The van der Waals surface area contributed by atoms with Crippen LogP contribution < -0.4 is 11.1 Å². The maximum Gasteiger partial charge on any atom is 0.223 e. The number of thiophene rings is 1. The maximum absolute atomic E-state index is 12.3. The summed E-state index contributed by atoms with van der Waals surface area (Å²) in [6, 6.07) is 1.99. The lowest BCUT2D eigenvalue weighted by atomic mass is 9.90. The lowest BCUT2D eigenvalue weighted by Gasteiger charge is -2.19. The lowest BCUT2D eigenvalue weighted by molar-refractivity contribution is -0.125. The minimum atomic E-state index is 0.198. The summed E-state index contributed by atoms with van der Waals surface area (Å²) >= 11 is 1.64. The molecule has 21 heavy (non-hydrogen) atoms. The van der Waals surface area contributed by atoms with E-state index in [4.69, 9.17) is 5.73 Å². The Morgan fingerprint density at radius 1 is 1.29 bits per heavy atom. The number of carbonyl (C=O) groups is 1. The van der Waals surface area contributed by atoms with Crippen molar-refractivity contribution in [3.8, 4) is 11.8 Å². The van der Waals surface area contributed by atoms with Gasteiger partial charge >= 0.3 is 0 Å². The van der Waals surface area contributed by atoms with Gasteiger partial charge in [0.1, 0.15) is 0 Å². The van der Waals surface area contributed by atoms with Crippen LogP contribution in [0.25, 0.3) is 0 Å². The number of hydrogen-bond acceptors (Lipinski definition) is 3. The Balaban J connectivity index is 1.86. The SMILES string of the molecule is NCC#Cc1ccsc1CNC(=O)C1CCCCCCC1. The molecule has 0 bridgehead atoms. The van der Waals surface area contributed by atoms with Gasteiger partial charge in [-0.05, 0) is 24.3 Å². The largest absolute Gasteiger partial charge is 0.351 e. The summed E-state index contributed by atoms with van der Waals surface area (Å²) in [6.45, 7) is 0.950. The molecule has 4 heteroatoms. The van der Waals surface area contributed by atoms with E-state index in [1.807, 2.05) is 11.4 Å². The van der Waals surface area contributed by atoms with E-state index >= 15 is 0 Å². The van der Waals surface area contributed by atoms with E-state index in [1.54, 1.807) is 11.3 Å². The van der Waals surface area contributed by atoms with Gasteiger partial charge in [0, 0.05) is 16.4 Å². The van der Waals surface area contributed by atoms with Crippen molar-refractivity contribution in [2.45, 2.75) is 51.5 Å². The predicted molar refractivity (Wildman–Crippen MR) is 87.9 cm³/mol. The first-order valence-electron chi connectivity index (χ1n) is 7.84. The number of hydrogen-bond donors (Lipinski definition) is 2. The van der Waals surface area contributed by atoms with Crippen LogP contribution in [0.15, 0.2) is 11.4 Å². The van der Waals surface area contributed by atoms with Crippen molar-refractivity contribution in [1.82, 2.24) is 5.32 Å². The van der Waals surface area contributed by atoms with Gasteiger partial charge in [0.05, 0.1) is 13.1 Å². The second-order valence-electron chi connectivity index (χ2n) is 5.52. The number of nitrogens with two attached hydrogens (primary N) is 1. The standard InChI is InChI=1S/C17H24N2OS/c18-11-6-9-14-10-12-21-16(14)13-19-17(20)15-7-4-2-1-3-5-8-15/h10,12,15H,1-5,7-8,11,13,18H2,(H,19,20). The molecule has 1 saturated carbocycles. The zero-order valence-corrected chi connectivity index (χ0v) is 13.3. The topological polar surface area (TPSA) is 55.1 Å². The lowest BCUT2D eigenvalue weighted by Crippen LogP contribution is -2.30. The van der Waals surface area contributed by atoms with Gasteiger partial charge in [-0.1, -0.05) is 43.9 Å². The molecule has 0 radical (unpaired) electrons. The van der Waals surface area contributed by atoms with Crippen molar-refractivity contribution < 1.29 is 4.79 Å². The second kappa shape index (κ2) is 8.86. The molecule has 0 spiro atoms. The minimum absolute atomic E-state index is 0.198. The van der Waals surface area contributed by atoms with Crippen LogP contribution in [0.4, 0.5) is 0 Å². The van der Waals surface area contributed by atoms with E-state index < -0.39 is 0 Å². The number of nitrogens with one attached hydrogen (secondary N) is 1. The van der Waals surface area contributed by atoms with Crippen molar-refractivity contribution in [2.24, 2.45) is 11.7 Å². The van der Waals surface area contributed by atoms with Gasteiger partial charge in [0.15, 0.2) is 0 Å². The molecule has 1 amide bonds. The molecular weight excluding hydrogens is 280 g/mol. The van der Waals surface area contributed by atoms with Gasteiger partial charge in [-0.15, -0.1) is 11.3 Å². The van der Waals surface area contributed by atoms with Crippen LogP contribution in [0.2, 0.25) is 0 Å². The minimum Gasteiger partial charge on any atom is -0.351 e. The molecule has 1 aromatic rings. The molecule has 3 N–H and O–H groups in total. The molecule has 3 nitrogen and oxygen atoms in total. The third-order valence-electron chi connectivity index (χ3n) is 3.97. The Morgan fingerprint density at radius 3 is 2.71 bits per heavy atom. The number of rotatable bonds is 3. The molecule has 1 aromatic heterocycles. The highest BCUT2D eigenvalue weighted by Crippen LogP contribution is 2.23. The molecule has 0 aliphatic heterocycles. The first-order chi connectivity index (χ1) is 10.3. The highest BCUT2D eigenvalue weighted by molar-refractivity contribution is 7.10. The van der Waals surface area contributed by atoms with Crippen molar-refractivity contribution in [2.75, 3.05) is 6.54 Å². The van der Waals surface area contributed by atoms with E-state index in [9.17, 15) is 4.79 Å². The van der Waals surface area contributed by atoms with Crippen LogP contribution in [0.3, 0.4) is 0 Å². The fourth-order valence-corrected chi connectivity index (χ4v) is 3.54.